The average molecular weight is 943 g/mol. The smallest absolute Gasteiger partial charge is 0.312 e. The van der Waals surface area contributed by atoms with Crippen molar-refractivity contribution in [2.75, 3.05) is 55.4 Å². The third kappa shape index (κ3) is 9.28. The van der Waals surface area contributed by atoms with Crippen LogP contribution in [0.5, 0.6) is 34.5 Å². The first-order valence-electron chi connectivity index (χ1n) is 23.4. The second-order valence-corrected chi connectivity index (χ2v) is 18.8. The molecule has 3 aromatic rings. The van der Waals surface area contributed by atoms with Gasteiger partial charge in [-0.3, -0.25) is 19.3 Å². The SMILES string of the molecule is CCCCN1CCN(c2cc(O)c3c(c2)Oc2c4c(O)c5c(O)c(C)c6c(c5c2N3)C(=O)[C@@](C)(O/C=C/[C@H](OC)[C@@H](C)[C@@H](OC(C)=O)[C@H](C)[C@H](O)[C@H](C)[C@@H](O)[C@@H](C)/C=C/C=C(\C)C(=O)N4)O6)CC1. The van der Waals surface area contributed by atoms with Crippen molar-refractivity contribution in [2.24, 2.45) is 23.7 Å². The largest absolute Gasteiger partial charge is 0.507 e. The Bertz CT molecular complexity index is 2550. The van der Waals surface area contributed by atoms with Crippen molar-refractivity contribution in [3.63, 3.8) is 0 Å². The lowest BCUT2D eigenvalue weighted by Gasteiger charge is -2.38. The minimum absolute atomic E-state index is 0.0289. The van der Waals surface area contributed by atoms with Gasteiger partial charge in [0.05, 0.1) is 41.2 Å². The number of aromatic hydroxyl groups is 3. The number of piperazine rings is 1. The molecule has 4 bridgehead atoms. The van der Waals surface area contributed by atoms with Crippen molar-refractivity contribution in [1.29, 1.82) is 0 Å². The third-order valence-corrected chi connectivity index (χ3v) is 14.1. The molecule has 3 aromatic carbocycles. The van der Waals surface area contributed by atoms with Crippen LogP contribution < -0.4 is 25.0 Å². The standard InChI is InChI=1S/C51H66N4O13/c1-11-12-17-54-18-20-55(21-19-54)32-23-33(57)39-35(24-32)67-48-40(52-39)36-37-44(60)30(7)47-38(36)49(62)51(9,68-47)65-22-16-34(64-10)27(4)46(66-31(8)56)29(6)43(59)28(5)42(58)25(2)14-13-15-26(3)50(63)53-41(48)45(37)61/h13-16,22-25,27-29,34,42-43,46,52,57-61H,11-12,17-21H2,1-10H3,(H,53,63)/b14-13+,22-16+,26-15+/t25-,27+,28+,29+,34-,42-,43+,46+,51-/m0/s1. The highest BCUT2D eigenvalue weighted by molar-refractivity contribution is 6.25. The van der Waals surface area contributed by atoms with E-state index in [1.807, 2.05) is 0 Å². The number of ketones is 1. The number of unbranched alkanes of at least 4 members (excludes halogenated alkanes) is 1. The zero-order valence-corrected chi connectivity index (χ0v) is 40.5. The van der Waals surface area contributed by atoms with Gasteiger partial charge < -0.3 is 64.8 Å². The molecule has 7 N–H and O–H groups in total. The molecular formula is C51H66N4O13. The number of hydrogen-bond donors (Lipinski definition) is 7. The van der Waals surface area contributed by atoms with Gasteiger partial charge in [0.2, 0.25) is 0 Å². The van der Waals surface area contributed by atoms with Gasteiger partial charge >= 0.3 is 11.8 Å². The molecule has 1 fully saturated rings. The zero-order chi connectivity index (χ0) is 49.5. The monoisotopic (exact) mass is 942 g/mol. The predicted molar refractivity (Wildman–Crippen MR) is 257 cm³/mol. The van der Waals surface area contributed by atoms with E-state index < -0.39 is 83.0 Å². The van der Waals surface area contributed by atoms with Gasteiger partial charge in [-0.2, -0.15) is 0 Å². The van der Waals surface area contributed by atoms with Crippen molar-refractivity contribution < 1.29 is 63.6 Å². The molecule has 7 rings (SSSR count). The molecule has 1 amide bonds. The van der Waals surface area contributed by atoms with Crippen LogP contribution in [-0.2, 0) is 23.8 Å². The van der Waals surface area contributed by atoms with Gasteiger partial charge in [-0.15, -0.1) is 0 Å². The van der Waals surface area contributed by atoms with Crippen LogP contribution in [0.15, 0.2) is 48.3 Å². The molecule has 17 heteroatoms. The molecule has 368 valence electrons. The fraction of sp³-hybridized carbons (Fsp3) is 0.510. The molecule has 1 saturated heterocycles. The van der Waals surface area contributed by atoms with Gasteiger partial charge in [-0.05, 0) is 32.9 Å². The second-order valence-electron chi connectivity index (χ2n) is 18.8. The Morgan fingerprint density at radius 3 is 2.25 bits per heavy atom. The molecule has 9 atom stereocenters. The van der Waals surface area contributed by atoms with Crippen molar-refractivity contribution >= 4 is 51.2 Å². The number of ether oxygens (including phenoxy) is 5. The number of carbonyl (C=O) groups is 3. The highest BCUT2D eigenvalue weighted by atomic mass is 16.7. The van der Waals surface area contributed by atoms with E-state index in [0.29, 0.717) is 18.8 Å². The molecule has 0 radical (unpaired) electrons. The van der Waals surface area contributed by atoms with E-state index in [2.05, 4.69) is 27.4 Å². The van der Waals surface area contributed by atoms with Crippen LogP contribution in [0.1, 0.15) is 84.2 Å². The lowest BCUT2D eigenvalue weighted by molar-refractivity contribution is -0.160. The summed E-state index contributed by atoms with van der Waals surface area (Å²) in [6, 6.07) is 3.39. The van der Waals surface area contributed by atoms with Crippen molar-refractivity contribution in [3.8, 4) is 34.5 Å². The Labute approximate surface area is 396 Å². The van der Waals surface area contributed by atoms with Gasteiger partial charge in [0, 0.05) is 105 Å². The zero-order valence-electron chi connectivity index (χ0n) is 40.5. The highest BCUT2D eigenvalue weighted by Crippen LogP contribution is 2.61. The maximum absolute atomic E-state index is 14.9. The quantitative estimate of drug-likeness (QED) is 0.0563. The number of benzene rings is 3. The van der Waals surface area contributed by atoms with Crippen LogP contribution in [0.25, 0.3) is 10.8 Å². The normalized spacial score (nSPS) is 29.6. The van der Waals surface area contributed by atoms with E-state index >= 15 is 0 Å². The first kappa shape index (κ1) is 49.9. The summed E-state index contributed by atoms with van der Waals surface area (Å²) < 4.78 is 30.6. The fourth-order valence-corrected chi connectivity index (χ4v) is 9.76. The number of nitrogens with one attached hydrogen (secondary N) is 2. The van der Waals surface area contributed by atoms with Gasteiger partial charge in [0.25, 0.3) is 11.7 Å². The third-order valence-electron chi connectivity index (χ3n) is 14.1. The Kier molecular flexibility index (Phi) is 14.6. The van der Waals surface area contributed by atoms with E-state index in [1.54, 1.807) is 58.9 Å². The lowest BCUT2D eigenvalue weighted by Crippen LogP contribution is -2.46. The number of phenols is 3. The molecule has 4 aliphatic rings. The molecule has 0 saturated carbocycles. The Hall–Kier alpha value is -6.01. The van der Waals surface area contributed by atoms with Gasteiger partial charge in [0.1, 0.15) is 34.7 Å². The van der Waals surface area contributed by atoms with Crippen LogP contribution in [0.2, 0.25) is 0 Å². The number of amides is 1. The van der Waals surface area contributed by atoms with Crippen LogP contribution in [-0.4, -0.2) is 118 Å². The molecule has 17 nitrogen and oxygen atoms in total. The van der Waals surface area contributed by atoms with E-state index in [4.69, 9.17) is 23.7 Å². The number of aliphatic hydroxyl groups excluding tert-OH is 2. The first-order chi connectivity index (χ1) is 32.2. The summed E-state index contributed by atoms with van der Waals surface area (Å²) in [5.41, 5.74) is 0.820. The molecule has 0 aliphatic carbocycles. The number of nitrogens with zero attached hydrogens (tertiary/aromatic N) is 2. The van der Waals surface area contributed by atoms with E-state index in [1.165, 1.54) is 46.3 Å². The fourth-order valence-electron chi connectivity index (χ4n) is 9.76. The minimum atomic E-state index is -2.05. The summed E-state index contributed by atoms with van der Waals surface area (Å²) in [7, 11) is 1.45. The van der Waals surface area contributed by atoms with Gasteiger partial charge in [-0.25, -0.2) is 0 Å². The lowest BCUT2D eigenvalue weighted by atomic mass is 9.78. The number of fused-ring (bicyclic) bond motifs is 2. The number of phenolic OH excluding ortho intramolecular Hbond substituents is 3. The van der Waals surface area contributed by atoms with E-state index in [0.717, 1.165) is 32.5 Å². The number of methoxy groups -OCH3 is 1. The van der Waals surface area contributed by atoms with E-state index in [-0.39, 0.29) is 67.5 Å². The number of aliphatic hydroxyl groups is 2. The van der Waals surface area contributed by atoms with E-state index in [9.17, 15) is 39.9 Å². The number of anilines is 4. The molecule has 4 heterocycles. The molecule has 68 heavy (non-hydrogen) atoms. The van der Waals surface area contributed by atoms with Crippen LogP contribution in [0.3, 0.4) is 0 Å². The van der Waals surface area contributed by atoms with Crippen molar-refractivity contribution in [2.45, 2.75) is 105 Å². The number of allylic oxidation sites excluding steroid dienone is 2. The number of Topliss-reactive ketones (excluding diaryl/α,β-unsaturated/α-hetero) is 1. The maximum atomic E-state index is 14.9. The highest BCUT2D eigenvalue weighted by Gasteiger charge is 2.50. The van der Waals surface area contributed by atoms with Crippen LogP contribution in [0.4, 0.5) is 22.7 Å². The summed E-state index contributed by atoms with van der Waals surface area (Å²) in [5.74, 6) is -7.73. The van der Waals surface area contributed by atoms with Crippen LogP contribution >= 0.6 is 0 Å². The van der Waals surface area contributed by atoms with Crippen molar-refractivity contribution in [3.05, 3.63) is 59.4 Å². The Balaban J connectivity index is 1.37. The number of esters is 1. The summed E-state index contributed by atoms with van der Waals surface area (Å²) in [6.07, 6.45) is 5.85. The predicted octanol–water partition coefficient (Wildman–Crippen LogP) is 7.53. The Morgan fingerprint density at radius 2 is 1.59 bits per heavy atom. The average Bonchev–Trinajstić information content (AvgIpc) is 3.58. The summed E-state index contributed by atoms with van der Waals surface area (Å²) in [4.78, 5) is 45.9. The molecule has 0 spiro atoms. The van der Waals surface area contributed by atoms with Crippen LogP contribution in [0, 0.1) is 30.6 Å². The molecule has 0 aromatic heterocycles. The van der Waals surface area contributed by atoms with Crippen molar-refractivity contribution in [1.82, 2.24) is 4.90 Å². The summed E-state index contributed by atoms with van der Waals surface area (Å²) in [5, 5.41) is 64.7. The molecular weight excluding hydrogens is 877 g/mol. The number of carbonyl (C=O) groups excluding carboxylic acids is 3. The topological polar surface area (TPSA) is 229 Å². The maximum Gasteiger partial charge on any atom is 0.312 e. The first-order valence-corrected chi connectivity index (χ1v) is 23.4. The summed E-state index contributed by atoms with van der Waals surface area (Å²) in [6.45, 7) is 18.9. The minimum Gasteiger partial charge on any atom is -0.507 e. The van der Waals surface area contributed by atoms with Gasteiger partial charge in [0.15, 0.2) is 17.2 Å². The van der Waals surface area contributed by atoms with Gasteiger partial charge in [-0.1, -0.05) is 59.3 Å². The Morgan fingerprint density at radius 1 is 0.882 bits per heavy atom. The summed E-state index contributed by atoms with van der Waals surface area (Å²) >= 11 is 0. The molecule has 0 unspecified atom stereocenters. The molecule has 4 aliphatic heterocycles. The number of hydrogen-bond acceptors (Lipinski definition) is 16. The second kappa shape index (κ2) is 19.9. The number of rotatable bonds is 6.